The topological polar surface area (TPSA) is 132 Å². The number of hydrogen-bond acceptors (Lipinski definition) is 10. The molecule has 0 radical (unpaired) electrons. The summed E-state index contributed by atoms with van der Waals surface area (Å²) in [6.45, 7) is 2.06. The van der Waals surface area contributed by atoms with Crippen LogP contribution in [0.1, 0.15) is 0 Å². The second kappa shape index (κ2) is 16.3. The molecule has 14 heteroatoms. The van der Waals surface area contributed by atoms with Crippen molar-refractivity contribution in [2.45, 2.75) is 0 Å². The lowest BCUT2D eigenvalue weighted by atomic mass is 10.2. The second-order valence-electron chi connectivity index (χ2n) is 9.26. The number of ether oxygens (including phenoxy) is 5. The minimum atomic E-state index is -0.429. The molecule has 0 aliphatic carbocycles. The van der Waals surface area contributed by atoms with E-state index in [2.05, 4.69) is 26.2 Å². The Kier molecular flexibility index (Phi) is 11.9. The Labute approximate surface area is 265 Å². The van der Waals surface area contributed by atoms with E-state index in [1.54, 1.807) is 68.8 Å². The highest BCUT2D eigenvalue weighted by atomic mass is 32.1. The number of rotatable bonds is 11. The zero-order valence-corrected chi connectivity index (χ0v) is 25.8. The smallest absolute Gasteiger partial charge is 0.264 e. The summed E-state index contributed by atoms with van der Waals surface area (Å²) in [4.78, 5) is 27.1. The maximum atomic E-state index is 12.5. The van der Waals surface area contributed by atoms with Gasteiger partial charge in [0.2, 0.25) is 0 Å². The highest BCUT2D eigenvalue weighted by Gasteiger charge is 2.17. The van der Waals surface area contributed by atoms with Gasteiger partial charge in [-0.1, -0.05) is 0 Å². The van der Waals surface area contributed by atoms with Crippen LogP contribution in [0.2, 0.25) is 0 Å². The van der Waals surface area contributed by atoms with E-state index < -0.39 is 11.8 Å². The molecule has 0 bridgehead atoms. The molecule has 0 spiro atoms. The van der Waals surface area contributed by atoms with E-state index in [0.717, 1.165) is 5.69 Å². The van der Waals surface area contributed by atoms with Crippen LogP contribution in [-0.2, 0) is 14.3 Å². The van der Waals surface area contributed by atoms with Gasteiger partial charge in [-0.2, -0.15) is 0 Å². The van der Waals surface area contributed by atoms with Crippen LogP contribution in [0.5, 0.6) is 23.0 Å². The Morgan fingerprint density at radius 1 is 0.727 bits per heavy atom. The molecular weight excluding hydrogens is 606 g/mol. The van der Waals surface area contributed by atoms with Crippen molar-refractivity contribution >= 4 is 63.5 Å². The van der Waals surface area contributed by atoms with Crippen molar-refractivity contribution in [1.29, 1.82) is 0 Å². The molecule has 232 valence electrons. The Bertz CT molecular complexity index is 1450. The normalized spacial score (nSPS) is 12.4. The highest BCUT2D eigenvalue weighted by Crippen LogP contribution is 2.30. The summed E-state index contributed by atoms with van der Waals surface area (Å²) in [5.74, 6) is 1.54. The molecule has 0 unspecified atom stereocenters. The van der Waals surface area contributed by atoms with Gasteiger partial charge in [0.05, 0.1) is 38.8 Å². The molecule has 2 amide bonds. The fourth-order valence-corrected chi connectivity index (χ4v) is 4.53. The summed E-state index contributed by atoms with van der Waals surface area (Å²) in [5.41, 5.74) is 2.06. The third-order valence-corrected chi connectivity index (χ3v) is 6.63. The largest absolute Gasteiger partial charge is 0.497 e. The first-order valence-corrected chi connectivity index (χ1v) is 14.4. The first-order valence-electron chi connectivity index (χ1n) is 13.5. The number of hydrogen-bond donors (Lipinski definition) is 4. The Hall–Kier alpha value is -4.66. The number of benzene rings is 3. The number of nitrogens with one attached hydrogen (secondary N) is 4. The summed E-state index contributed by atoms with van der Waals surface area (Å²) in [5, 5.41) is 11.5. The minimum Gasteiger partial charge on any atom is -0.497 e. The molecule has 1 saturated heterocycles. The monoisotopic (exact) mass is 639 g/mol. The van der Waals surface area contributed by atoms with Crippen molar-refractivity contribution < 1.29 is 33.3 Å². The molecule has 0 atom stereocenters. The molecule has 12 nitrogen and oxygen atoms in total. The fraction of sp³-hybridized carbons (Fsp3) is 0.267. The van der Waals surface area contributed by atoms with E-state index in [1.165, 1.54) is 0 Å². The first kappa shape index (κ1) is 32.3. The number of methoxy groups -OCH3 is 2. The van der Waals surface area contributed by atoms with Gasteiger partial charge in [-0.15, -0.1) is 0 Å². The third-order valence-electron chi connectivity index (χ3n) is 6.22. The lowest BCUT2D eigenvalue weighted by molar-refractivity contribution is -0.122. The van der Waals surface area contributed by atoms with Crippen molar-refractivity contribution in [3.05, 3.63) is 66.7 Å². The Morgan fingerprint density at radius 3 is 1.70 bits per heavy atom. The summed E-state index contributed by atoms with van der Waals surface area (Å²) in [7, 11) is 3.14. The van der Waals surface area contributed by atoms with Crippen LogP contribution in [0, 0.1) is 0 Å². The van der Waals surface area contributed by atoms with Gasteiger partial charge in [-0.25, -0.2) is 0 Å². The molecular formula is C30H33N5O7S2. The van der Waals surface area contributed by atoms with E-state index in [9.17, 15) is 9.59 Å². The van der Waals surface area contributed by atoms with Crippen LogP contribution >= 0.6 is 24.4 Å². The predicted molar refractivity (Wildman–Crippen MR) is 175 cm³/mol. The average molecular weight is 640 g/mol. The van der Waals surface area contributed by atoms with Crippen LogP contribution in [0.15, 0.2) is 66.7 Å². The van der Waals surface area contributed by atoms with Gasteiger partial charge in [0.15, 0.2) is 23.4 Å². The standard InChI is InChI=1S/C30H33N5O7S2/c1-38-21-4-8-23(9-5-21)41-18-27(36)33-29(43)31-20-3-12-26(35-13-15-40-16-14-35)25(17-20)32-30(44)34-28(37)19-42-24-10-6-22(39-2)7-11-24/h3-12,17H,13-16,18-19H2,1-2H3,(H2,31,33,36,43)(H2,32,34,37,44). The Morgan fingerprint density at radius 2 is 1.20 bits per heavy atom. The van der Waals surface area contributed by atoms with Crippen LogP contribution in [-0.4, -0.2) is 75.8 Å². The maximum absolute atomic E-state index is 12.5. The Balaban J connectivity index is 1.33. The van der Waals surface area contributed by atoms with Gasteiger partial charge < -0.3 is 39.2 Å². The molecule has 3 aromatic carbocycles. The molecule has 1 fully saturated rings. The third kappa shape index (κ3) is 9.97. The van der Waals surface area contributed by atoms with Gasteiger partial charge >= 0.3 is 0 Å². The van der Waals surface area contributed by atoms with E-state index in [1.807, 2.05) is 12.1 Å². The number of amides is 2. The average Bonchev–Trinajstić information content (AvgIpc) is 3.03. The predicted octanol–water partition coefficient (Wildman–Crippen LogP) is 3.32. The van der Waals surface area contributed by atoms with E-state index in [0.29, 0.717) is 60.7 Å². The molecule has 1 aliphatic heterocycles. The minimum absolute atomic E-state index is 0.0879. The van der Waals surface area contributed by atoms with Crippen molar-refractivity contribution in [2.75, 3.05) is 69.3 Å². The van der Waals surface area contributed by atoms with Crippen LogP contribution in [0.25, 0.3) is 0 Å². The molecule has 1 aliphatic rings. The summed E-state index contributed by atoms with van der Waals surface area (Å²) in [6, 6.07) is 19.3. The number of nitrogens with zero attached hydrogens (tertiary/aromatic N) is 1. The SMILES string of the molecule is COc1ccc(OCC(=O)NC(=S)Nc2ccc(N3CCOCC3)c(NC(=S)NC(=O)COc3ccc(OC)cc3)c2)cc1. The summed E-state index contributed by atoms with van der Waals surface area (Å²) >= 11 is 10.8. The number of thiocarbonyl (C=S) groups is 2. The van der Waals surface area contributed by atoms with E-state index in [-0.39, 0.29) is 23.4 Å². The number of carbonyl (C=O) groups is 2. The molecule has 1 heterocycles. The molecule has 0 saturated carbocycles. The van der Waals surface area contributed by atoms with E-state index in [4.69, 9.17) is 48.1 Å². The van der Waals surface area contributed by atoms with Crippen molar-refractivity contribution in [3.63, 3.8) is 0 Å². The van der Waals surface area contributed by atoms with Crippen LogP contribution in [0.4, 0.5) is 17.1 Å². The number of morpholine rings is 1. The van der Waals surface area contributed by atoms with Crippen molar-refractivity contribution in [2.24, 2.45) is 0 Å². The molecule has 4 rings (SSSR count). The van der Waals surface area contributed by atoms with Gasteiger partial charge in [-0.05, 0) is 91.2 Å². The van der Waals surface area contributed by atoms with Gasteiger partial charge in [0, 0.05) is 18.8 Å². The summed E-state index contributed by atoms with van der Waals surface area (Å²) in [6.07, 6.45) is 0. The van der Waals surface area contributed by atoms with Gasteiger partial charge in [-0.3, -0.25) is 20.2 Å². The van der Waals surface area contributed by atoms with Crippen molar-refractivity contribution in [3.8, 4) is 23.0 Å². The zero-order valence-electron chi connectivity index (χ0n) is 24.2. The highest BCUT2D eigenvalue weighted by molar-refractivity contribution is 7.80. The first-order chi connectivity index (χ1) is 21.3. The fourth-order valence-electron chi connectivity index (χ4n) is 4.08. The van der Waals surface area contributed by atoms with Crippen molar-refractivity contribution in [1.82, 2.24) is 10.6 Å². The molecule has 0 aromatic heterocycles. The molecule has 3 aromatic rings. The maximum Gasteiger partial charge on any atom is 0.264 e. The van der Waals surface area contributed by atoms with E-state index >= 15 is 0 Å². The van der Waals surface area contributed by atoms with Crippen LogP contribution in [0.3, 0.4) is 0 Å². The lowest BCUT2D eigenvalue weighted by Crippen LogP contribution is -2.39. The summed E-state index contributed by atoms with van der Waals surface area (Å²) < 4.78 is 26.8. The quantitative estimate of drug-likeness (QED) is 0.230. The second-order valence-corrected chi connectivity index (χ2v) is 10.1. The zero-order chi connectivity index (χ0) is 31.3. The lowest BCUT2D eigenvalue weighted by Gasteiger charge is -2.31. The molecule has 4 N–H and O–H groups in total. The molecule has 44 heavy (non-hydrogen) atoms. The van der Waals surface area contributed by atoms with Gasteiger partial charge in [0.1, 0.15) is 23.0 Å². The number of anilines is 3. The number of carbonyl (C=O) groups excluding carboxylic acids is 2. The van der Waals surface area contributed by atoms with Gasteiger partial charge in [0.25, 0.3) is 11.8 Å². The van der Waals surface area contributed by atoms with Crippen LogP contribution < -0.4 is 45.1 Å².